The van der Waals surface area contributed by atoms with E-state index in [0.717, 1.165) is 4.31 Å². The molecule has 0 fully saturated rings. The van der Waals surface area contributed by atoms with Crippen LogP contribution in [0.3, 0.4) is 0 Å². The number of rotatable bonds is 5. The van der Waals surface area contributed by atoms with Gasteiger partial charge < -0.3 is 10.5 Å². The summed E-state index contributed by atoms with van der Waals surface area (Å²) in [6, 6.07) is 0. The van der Waals surface area contributed by atoms with E-state index in [1.165, 1.54) is 25.0 Å². The Morgan fingerprint density at radius 2 is 2.22 bits per heavy atom. The number of carbonyl (C=O) groups is 1. The molecule has 102 valence electrons. The zero-order chi connectivity index (χ0) is 13.9. The molecule has 2 N–H and O–H groups in total. The molecule has 0 aliphatic rings. The summed E-state index contributed by atoms with van der Waals surface area (Å²) in [5, 5.41) is 3.85. The Morgan fingerprint density at radius 3 is 2.67 bits per heavy atom. The number of esters is 1. The molecule has 0 unspecified atom stereocenters. The number of ether oxygens (including phenoxy) is 1. The standard InChI is InChI=1S/C9H16N4O4S/c1-4-13-5-7(9(10)11-13)18(15,16)12(2)6-8(14)17-3/h5H,4,6H2,1-3H3,(H2,10,11). The lowest BCUT2D eigenvalue weighted by molar-refractivity contribution is -0.140. The normalized spacial score (nSPS) is 11.8. The predicted molar refractivity (Wildman–Crippen MR) is 64.1 cm³/mol. The molecule has 1 heterocycles. The van der Waals surface area contributed by atoms with Crippen LogP contribution in [0.15, 0.2) is 11.1 Å². The lowest BCUT2D eigenvalue weighted by Gasteiger charge is -2.14. The van der Waals surface area contributed by atoms with Gasteiger partial charge in [-0.3, -0.25) is 9.48 Å². The van der Waals surface area contributed by atoms with Gasteiger partial charge in [0.2, 0.25) is 10.0 Å². The summed E-state index contributed by atoms with van der Waals surface area (Å²) in [7, 11) is -1.38. The summed E-state index contributed by atoms with van der Waals surface area (Å²) >= 11 is 0. The number of methoxy groups -OCH3 is 1. The zero-order valence-electron chi connectivity index (χ0n) is 10.5. The van der Waals surface area contributed by atoms with Crippen molar-refractivity contribution in [3.63, 3.8) is 0 Å². The third-order valence-electron chi connectivity index (χ3n) is 2.35. The third-order valence-corrected chi connectivity index (χ3v) is 4.17. The van der Waals surface area contributed by atoms with Crippen molar-refractivity contribution in [3.05, 3.63) is 6.20 Å². The molecule has 0 radical (unpaired) electrons. The molecule has 0 spiro atoms. The van der Waals surface area contributed by atoms with Crippen molar-refractivity contribution in [3.8, 4) is 0 Å². The quantitative estimate of drug-likeness (QED) is 0.711. The Morgan fingerprint density at radius 1 is 1.61 bits per heavy atom. The fourth-order valence-electron chi connectivity index (χ4n) is 1.28. The Bertz CT molecular complexity index is 537. The van der Waals surface area contributed by atoms with Crippen molar-refractivity contribution in [1.29, 1.82) is 0 Å². The highest BCUT2D eigenvalue weighted by atomic mass is 32.2. The minimum absolute atomic E-state index is 0.0893. The number of nitrogen functional groups attached to an aromatic ring is 1. The van der Waals surface area contributed by atoms with Crippen molar-refractivity contribution in [2.45, 2.75) is 18.4 Å². The first-order chi connectivity index (χ1) is 8.32. The molecular weight excluding hydrogens is 260 g/mol. The highest BCUT2D eigenvalue weighted by molar-refractivity contribution is 7.89. The molecule has 0 aliphatic carbocycles. The number of carbonyl (C=O) groups excluding carboxylic acids is 1. The molecular formula is C9H16N4O4S. The van der Waals surface area contributed by atoms with Crippen molar-refractivity contribution in [2.24, 2.45) is 0 Å². The van der Waals surface area contributed by atoms with E-state index < -0.39 is 16.0 Å². The lowest BCUT2D eigenvalue weighted by atomic mass is 10.6. The van der Waals surface area contributed by atoms with Crippen LogP contribution >= 0.6 is 0 Å². The maximum atomic E-state index is 12.1. The molecule has 0 saturated heterocycles. The topological polar surface area (TPSA) is 108 Å². The summed E-state index contributed by atoms with van der Waals surface area (Å²) in [6.45, 7) is 1.93. The van der Waals surface area contributed by atoms with Crippen LogP contribution in [0.5, 0.6) is 0 Å². The largest absolute Gasteiger partial charge is 0.468 e. The highest BCUT2D eigenvalue weighted by Crippen LogP contribution is 2.19. The van der Waals surface area contributed by atoms with Gasteiger partial charge >= 0.3 is 5.97 Å². The molecule has 0 bridgehead atoms. The zero-order valence-corrected chi connectivity index (χ0v) is 11.3. The second-order valence-corrected chi connectivity index (χ2v) is 5.58. The van der Waals surface area contributed by atoms with Gasteiger partial charge in [0, 0.05) is 19.8 Å². The van der Waals surface area contributed by atoms with Gasteiger partial charge in [-0.1, -0.05) is 0 Å². The number of hydrogen-bond acceptors (Lipinski definition) is 6. The molecule has 1 aromatic rings. The Balaban J connectivity index is 3.05. The van der Waals surface area contributed by atoms with Gasteiger partial charge in [0.25, 0.3) is 0 Å². The van der Waals surface area contributed by atoms with Crippen LogP contribution < -0.4 is 5.73 Å². The second kappa shape index (κ2) is 5.36. The van der Waals surface area contributed by atoms with Crippen molar-refractivity contribution >= 4 is 21.8 Å². The van der Waals surface area contributed by atoms with Gasteiger partial charge in [-0.15, -0.1) is 0 Å². The SMILES string of the molecule is CCn1cc(S(=O)(=O)N(C)CC(=O)OC)c(N)n1. The van der Waals surface area contributed by atoms with Crippen LogP contribution in [0.1, 0.15) is 6.92 Å². The van der Waals surface area contributed by atoms with E-state index in [0.29, 0.717) is 6.54 Å². The molecule has 0 aromatic carbocycles. The number of sulfonamides is 1. The maximum Gasteiger partial charge on any atom is 0.321 e. The second-order valence-electron chi connectivity index (χ2n) is 3.57. The van der Waals surface area contributed by atoms with Crippen molar-refractivity contribution in [2.75, 3.05) is 26.4 Å². The average molecular weight is 276 g/mol. The summed E-state index contributed by atoms with van der Waals surface area (Å²) in [6.07, 6.45) is 1.33. The van der Waals surface area contributed by atoms with Crippen LogP contribution in [0.2, 0.25) is 0 Å². The smallest absolute Gasteiger partial charge is 0.321 e. The number of hydrogen-bond donors (Lipinski definition) is 1. The van der Waals surface area contributed by atoms with Gasteiger partial charge in [-0.05, 0) is 6.92 Å². The molecule has 1 aromatic heterocycles. The van der Waals surface area contributed by atoms with Gasteiger partial charge in [0.05, 0.1) is 7.11 Å². The maximum absolute atomic E-state index is 12.1. The van der Waals surface area contributed by atoms with E-state index in [1.807, 2.05) is 0 Å². The van der Waals surface area contributed by atoms with Crippen molar-refractivity contribution in [1.82, 2.24) is 14.1 Å². The average Bonchev–Trinajstić information content (AvgIpc) is 2.70. The van der Waals surface area contributed by atoms with E-state index in [-0.39, 0.29) is 17.3 Å². The first-order valence-corrected chi connectivity index (χ1v) is 6.63. The fourth-order valence-corrected chi connectivity index (χ4v) is 2.45. The number of aromatic nitrogens is 2. The molecule has 0 amide bonds. The number of anilines is 1. The van der Waals surface area contributed by atoms with Crippen molar-refractivity contribution < 1.29 is 17.9 Å². The summed E-state index contributed by atoms with van der Waals surface area (Å²) in [5.74, 6) is -0.740. The van der Waals surface area contributed by atoms with Gasteiger partial charge in [0.1, 0.15) is 11.4 Å². The van der Waals surface area contributed by atoms with Crippen LogP contribution in [0, 0.1) is 0 Å². The number of nitrogens with zero attached hydrogens (tertiary/aromatic N) is 3. The van der Waals surface area contributed by atoms with Gasteiger partial charge in [-0.25, -0.2) is 8.42 Å². The molecule has 1 rings (SSSR count). The fraction of sp³-hybridized carbons (Fsp3) is 0.556. The monoisotopic (exact) mass is 276 g/mol. The molecule has 0 saturated carbocycles. The van der Waals surface area contributed by atoms with Gasteiger partial charge in [-0.2, -0.15) is 9.40 Å². The molecule has 0 aliphatic heterocycles. The summed E-state index contributed by atoms with van der Waals surface area (Å²) in [4.78, 5) is 11.0. The van der Waals surface area contributed by atoms with Crippen LogP contribution in [-0.4, -0.2) is 49.2 Å². The molecule has 8 nitrogen and oxygen atoms in total. The minimum atomic E-state index is -3.84. The first-order valence-electron chi connectivity index (χ1n) is 5.19. The molecule has 9 heteroatoms. The number of nitrogens with two attached hydrogens (primary N) is 1. The van der Waals surface area contributed by atoms with Crippen LogP contribution in [0.4, 0.5) is 5.82 Å². The third kappa shape index (κ3) is 2.79. The van der Waals surface area contributed by atoms with E-state index in [2.05, 4.69) is 9.84 Å². The Hall–Kier alpha value is -1.61. The number of aryl methyl sites for hydroxylation is 1. The number of likely N-dealkylation sites (N-methyl/N-ethyl adjacent to an activating group) is 1. The van der Waals surface area contributed by atoms with Crippen LogP contribution in [0.25, 0.3) is 0 Å². The molecule has 18 heavy (non-hydrogen) atoms. The van der Waals surface area contributed by atoms with Gasteiger partial charge in [0.15, 0.2) is 5.82 Å². The predicted octanol–water partition coefficient (Wildman–Crippen LogP) is -0.721. The van der Waals surface area contributed by atoms with Crippen LogP contribution in [-0.2, 0) is 26.1 Å². The first kappa shape index (κ1) is 14.5. The lowest BCUT2D eigenvalue weighted by Crippen LogP contribution is -2.32. The molecule has 0 atom stereocenters. The van der Waals surface area contributed by atoms with E-state index in [1.54, 1.807) is 6.92 Å². The minimum Gasteiger partial charge on any atom is -0.468 e. The summed E-state index contributed by atoms with van der Waals surface area (Å²) < 4.78 is 30.9. The highest BCUT2D eigenvalue weighted by Gasteiger charge is 2.27. The Labute approximate surface area is 105 Å². The Kier molecular flexibility index (Phi) is 4.30. The summed E-state index contributed by atoms with van der Waals surface area (Å²) in [5.41, 5.74) is 5.55. The van der Waals surface area contributed by atoms with E-state index in [9.17, 15) is 13.2 Å². The van der Waals surface area contributed by atoms with E-state index >= 15 is 0 Å². The van der Waals surface area contributed by atoms with E-state index in [4.69, 9.17) is 5.73 Å².